The molecule has 2 aromatic rings. The molecule has 0 bridgehead atoms. The van der Waals surface area contributed by atoms with Crippen molar-refractivity contribution in [3.63, 3.8) is 0 Å². The second kappa shape index (κ2) is 7.69. The van der Waals surface area contributed by atoms with Crippen molar-refractivity contribution in [2.24, 2.45) is 0 Å². The number of amides is 4. The molecular formula is C19H20N4O3. The highest BCUT2D eigenvalue weighted by Gasteiger charge is 2.26. The molecule has 0 saturated carbocycles. The number of anilines is 3. The fraction of sp³-hybridized carbons (Fsp3) is 0.211. The van der Waals surface area contributed by atoms with E-state index in [4.69, 9.17) is 0 Å². The third kappa shape index (κ3) is 4.18. The predicted molar refractivity (Wildman–Crippen MR) is 100 cm³/mol. The lowest BCUT2D eigenvalue weighted by Gasteiger charge is -2.29. The van der Waals surface area contributed by atoms with Crippen molar-refractivity contribution < 1.29 is 14.4 Å². The van der Waals surface area contributed by atoms with Gasteiger partial charge in [0.2, 0.25) is 11.8 Å². The molecular weight excluding hydrogens is 332 g/mol. The Labute approximate surface area is 151 Å². The summed E-state index contributed by atoms with van der Waals surface area (Å²) in [6.07, 6.45) is 0.140. The van der Waals surface area contributed by atoms with Gasteiger partial charge in [0.25, 0.3) is 0 Å². The first-order valence-electron chi connectivity index (χ1n) is 8.34. The summed E-state index contributed by atoms with van der Waals surface area (Å²) in [6.45, 7) is 2.09. The average Bonchev–Trinajstić information content (AvgIpc) is 2.62. The number of nitrogens with one attached hydrogen (secondary N) is 3. The summed E-state index contributed by atoms with van der Waals surface area (Å²) in [5.74, 6) is -0.443. The summed E-state index contributed by atoms with van der Waals surface area (Å²) in [6, 6.07) is 14.2. The highest BCUT2D eigenvalue weighted by atomic mass is 16.2. The first-order valence-corrected chi connectivity index (χ1v) is 8.34. The van der Waals surface area contributed by atoms with Gasteiger partial charge in [0.1, 0.15) is 6.54 Å². The van der Waals surface area contributed by atoms with Gasteiger partial charge in [-0.1, -0.05) is 29.8 Å². The number of rotatable bonds is 4. The number of nitrogens with zero attached hydrogens (tertiary/aromatic N) is 1. The first-order chi connectivity index (χ1) is 12.5. The van der Waals surface area contributed by atoms with Crippen LogP contribution in [0.4, 0.5) is 21.9 Å². The van der Waals surface area contributed by atoms with Gasteiger partial charge in [-0.3, -0.25) is 14.5 Å². The largest absolute Gasteiger partial charge is 0.337 e. The van der Waals surface area contributed by atoms with E-state index in [9.17, 15) is 14.4 Å². The molecule has 7 heteroatoms. The van der Waals surface area contributed by atoms with Gasteiger partial charge in [-0.25, -0.2) is 4.79 Å². The quantitative estimate of drug-likeness (QED) is 0.790. The second-order valence-corrected chi connectivity index (χ2v) is 6.05. The van der Waals surface area contributed by atoms with Crippen molar-refractivity contribution in [1.82, 2.24) is 5.32 Å². The number of benzene rings is 2. The monoisotopic (exact) mass is 352 g/mol. The van der Waals surface area contributed by atoms with Gasteiger partial charge in [-0.15, -0.1) is 0 Å². The molecule has 0 unspecified atom stereocenters. The Morgan fingerprint density at radius 3 is 2.62 bits per heavy atom. The molecule has 26 heavy (non-hydrogen) atoms. The van der Waals surface area contributed by atoms with E-state index < -0.39 is 6.03 Å². The lowest BCUT2D eigenvalue weighted by atomic mass is 10.2. The Bertz CT molecular complexity index is 833. The molecule has 7 nitrogen and oxygen atoms in total. The number of aryl methyl sites for hydroxylation is 1. The molecule has 0 aliphatic carbocycles. The molecule has 0 atom stereocenters. The Hall–Kier alpha value is -3.35. The molecule has 0 saturated heterocycles. The molecule has 3 N–H and O–H groups in total. The number of urea groups is 1. The van der Waals surface area contributed by atoms with Crippen LogP contribution in [0, 0.1) is 6.92 Å². The molecule has 0 spiro atoms. The molecule has 3 rings (SSSR count). The summed E-state index contributed by atoms with van der Waals surface area (Å²) < 4.78 is 0. The zero-order valence-electron chi connectivity index (χ0n) is 14.4. The van der Waals surface area contributed by atoms with Crippen molar-refractivity contribution in [2.75, 3.05) is 28.6 Å². The molecule has 1 heterocycles. The Kier molecular flexibility index (Phi) is 5.17. The van der Waals surface area contributed by atoms with Gasteiger partial charge in [0.05, 0.1) is 11.4 Å². The maximum Gasteiger partial charge on any atom is 0.322 e. The van der Waals surface area contributed by atoms with Gasteiger partial charge in [0, 0.05) is 18.7 Å². The third-order valence-corrected chi connectivity index (χ3v) is 3.98. The predicted octanol–water partition coefficient (Wildman–Crippen LogP) is 2.49. The van der Waals surface area contributed by atoms with Crippen LogP contribution in [0.3, 0.4) is 0 Å². The van der Waals surface area contributed by atoms with Crippen molar-refractivity contribution in [3.8, 4) is 0 Å². The average molecular weight is 352 g/mol. The summed E-state index contributed by atoms with van der Waals surface area (Å²) in [5.41, 5.74) is 3.05. The highest BCUT2D eigenvalue weighted by molar-refractivity contribution is 6.09. The fourth-order valence-corrected chi connectivity index (χ4v) is 2.65. The molecule has 1 aliphatic rings. The van der Waals surface area contributed by atoms with Gasteiger partial charge >= 0.3 is 6.03 Å². The molecule has 4 amide bonds. The number of carbonyl (C=O) groups is 3. The SMILES string of the molecule is Cc1ccc(NC(=O)CCNC(=O)N2CC(=O)Nc3ccccc32)cc1. The number of carbonyl (C=O) groups excluding carboxylic acids is 3. The molecule has 2 aromatic carbocycles. The van der Waals surface area contributed by atoms with E-state index in [1.807, 2.05) is 31.2 Å². The maximum atomic E-state index is 12.4. The Balaban J connectivity index is 1.52. The fourth-order valence-electron chi connectivity index (χ4n) is 2.65. The second-order valence-electron chi connectivity index (χ2n) is 6.05. The van der Waals surface area contributed by atoms with Gasteiger partial charge in [0.15, 0.2) is 0 Å². The number of para-hydroxylation sites is 2. The standard InChI is InChI=1S/C19H20N4O3/c1-13-6-8-14(9-7-13)21-17(24)10-11-20-19(26)23-12-18(25)22-15-4-2-3-5-16(15)23/h2-9H,10-12H2,1H3,(H,20,26)(H,21,24)(H,22,25). The van der Waals surface area contributed by atoms with Crippen molar-refractivity contribution >= 4 is 34.9 Å². The molecule has 134 valence electrons. The van der Waals surface area contributed by atoms with E-state index in [0.717, 1.165) is 5.56 Å². The minimum atomic E-state index is -0.407. The van der Waals surface area contributed by atoms with Gasteiger partial charge in [-0.05, 0) is 31.2 Å². The van der Waals surface area contributed by atoms with Gasteiger partial charge < -0.3 is 16.0 Å². The summed E-state index contributed by atoms with van der Waals surface area (Å²) in [4.78, 5) is 37.5. The van der Waals surface area contributed by atoms with Crippen LogP contribution < -0.4 is 20.9 Å². The van der Waals surface area contributed by atoms with Crippen molar-refractivity contribution in [1.29, 1.82) is 0 Å². The smallest absolute Gasteiger partial charge is 0.322 e. The van der Waals surface area contributed by atoms with Crippen LogP contribution in [0.25, 0.3) is 0 Å². The van der Waals surface area contributed by atoms with Crippen LogP contribution in [-0.2, 0) is 9.59 Å². The Morgan fingerprint density at radius 2 is 1.85 bits per heavy atom. The zero-order valence-corrected chi connectivity index (χ0v) is 14.4. The summed E-state index contributed by atoms with van der Waals surface area (Å²) in [5, 5.41) is 8.19. The number of fused-ring (bicyclic) bond motifs is 1. The summed E-state index contributed by atoms with van der Waals surface area (Å²) >= 11 is 0. The number of hydrogen-bond acceptors (Lipinski definition) is 3. The molecule has 0 fully saturated rings. The van der Waals surface area contributed by atoms with E-state index in [-0.39, 0.29) is 31.3 Å². The molecule has 0 radical (unpaired) electrons. The van der Waals surface area contributed by atoms with Crippen LogP contribution in [0.15, 0.2) is 48.5 Å². The lowest BCUT2D eigenvalue weighted by molar-refractivity contribution is -0.116. The lowest BCUT2D eigenvalue weighted by Crippen LogP contribution is -2.47. The Morgan fingerprint density at radius 1 is 1.12 bits per heavy atom. The van der Waals surface area contributed by atoms with Crippen LogP contribution in [0.5, 0.6) is 0 Å². The molecule has 0 aromatic heterocycles. The highest BCUT2D eigenvalue weighted by Crippen LogP contribution is 2.28. The summed E-state index contributed by atoms with van der Waals surface area (Å²) in [7, 11) is 0. The minimum absolute atomic E-state index is 0.0571. The van der Waals surface area contributed by atoms with E-state index in [1.165, 1.54) is 4.90 Å². The first kappa shape index (κ1) is 17.5. The van der Waals surface area contributed by atoms with Crippen molar-refractivity contribution in [3.05, 3.63) is 54.1 Å². The van der Waals surface area contributed by atoms with Crippen LogP contribution >= 0.6 is 0 Å². The van der Waals surface area contributed by atoms with E-state index in [0.29, 0.717) is 17.1 Å². The topological polar surface area (TPSA) is 90.5 Å². The van der Waals surface area contributed by atoms with E-state index in [1.54, 1.807) is 24.3 Å². The van der Waals surface area contributed by atoms with E-state index >= 15 is 0 Å². The van der Waals surface area contributed by atoms with Gasteiger partial charge in [-0.2, -0.15) is 0 Å². The van der Waals surface area contributed by atoms with Crippen LogP contribution in [0.1, 0.15) is 12.0 Å². The minimum Gasteiger partial charge on any atom is -0.337 e. The van der Waals surface area contributed by atoms with Crippen molar-refractivity contribution in [2.45, 2.75) is 13.3 Å². The van der Waals surface area contributed by atoms with Crippen LogP contribution in [-0.4, -0.2) is 30.9 Å². The zero-order chi connectivity index (χ0) is 18.5. The molecule has 1 aliphatic heterocycles. The van der Waals surface area contributed by atoms with Crippen LogP contribution in [0.2, 0.25) is 0 Å². The third-order valence-electron chi connectivity index (χ3n) is 3.98. The number of hydrogen-bond donors (Lipinski definition) is 3. The maximum absolute atomic E-state index is 12.4. The van der Waals surface area contributed by atoms with E-state index in [2.05, 4.69) is 16.0 Å². The normalized spacial score (nSPS) is 12.8.